The van der Waals surface area contributed by atoms with Crippen molar-refractivity contribution in [3.05, 3.63) is 87.0 Å². The molecule has 0 spiro atoms. The zero-order chi connectivity index (χ0) is 29.8. The van der Waals surface area contributed by atoms with Gasteiger partial charge in [0.15, 0.2) is 6.29 Å². The number of nitrogens with two attached hydrogens (primary N) is 1. The smallest absolute Gasteiger partial charge is 0.240 e. The first-order chi connectivity index (χ1) is 20.0. The molecule has 0 bridgehead atoms. The minimum Gasteiger partial charge on any atom is -0.363 e. The number of thiazole rings is 2. The van der Waals surface area contributed by atoms with Gasteiger partial charge in [-0.1, -0.05) is 6.07 Å². The Hall–Kier alpha value is -3.40. The number of halogens is 2. The third-order valence-corrected chi connectivity index (χ3v) is 9.72. The SMILES string of the molecule is Cc1cnc(-c2cc(-c3nn(-c4nc(C(O)O)cs4)c(CC4CC4)c3Cc3ccc(S(N)(=O)=O)c(F)c3)ccc2F)s1. The van der Waals surface area contributed by atoms with E-state index in [4.69, 9.17) is 10.2 Å². The van der Waals surface area contributed by atoms with Crippen molar-refractivity contribution in [2.24, 2.45) is 11.1 Å². The summed E-state index contributed by atoms with van der Waals surface area (Å²) in [6, 6.07) is 8.44. The van der Waals surface area contributed by atoms with Gasteiger partial charge in [0, 0.05) is 39.6 Å². The third kappa shape index (κ3) is 5.78. The summed E-state index contributed by atoms with van der Waals surface area (Å²) in [6.45, 7) is 1.89. The third-order valence-electron chi connectivity index (χ3n) is 7.00. The van der Waals surface area contributed by atoms with Crippen LogP contribution in [0.5, 0.6) is 0 Å². The molecule has 14 heteroatoms. The number of nitrogens with zero attached hydrogens (tertiary/aromatic N) is 4. The van der Waals surface area contributed by atoms with Gasteiger partial charge in [-0.05, 0) is 68.0 Å². The topological polar surface area (TPSA) is 144 Å². The number of aliphatic hydroxyl groups excluding tert-OH is 1. The Balaban J connectivity index is 1.54. The first-order valence-corrected chi connectivity index (χ1v) is 16.2. The number of aromatic nitrogens is 4. The molecule has 2 aromatic carbocycles. The van der Waals surface area contributed by atoms with Crippen molar-refractivity contribution in [3.63, 3.8) is 0 Å². The highest BCUT2D eigenvalue weighted by Crippen LogP contribution is 2.39. The number of sulfonamides is 1. The highest BCUT2D eigenvalue weighted by atomic mass is 32.2. The summed E-state index contributed by atoms with van der Waals surface area (Å²) in [4.78, 5) is 9.05. The number of hydrogen-bond donors (Lipinski definition) is 3. The second-order valence-electron chi connectivity index (χ2n) is 10.2. The molecule has 1 aliphatic rings. The van der Waals surface area contributed by atoms with E-state index in [-0.39, 0.29) is 12.1 Å². The normalized spacial score (nSPS) is 13.8. The van der Waals surface area contributed by atoms with Gasteiger partial charge in [-0.2, -0.15) is 5.10 Å². The minimum absolute atomic E-state index is 0.0785. The summed E-state index contributed by atoms with van der Waals surface area (Å²) in [5.74, 6) is -0.995. The lowest BCUT2D eigenvalue weighted by Crippen LogP contribution is -2.14. The zero-order valence-corrected chi connectivity index (χ0v) is 24.6. The summed E-state index contributed by atoms with van der Waals surface area (Å²) in [7, 11) is -4.24. The van der Waals surface area contributed by atoms with Crippen LogP contribution >= 0.6 is 22.7 Å². The van der Waals surface area contributed by atoms with Crippen LogP contribution in [0.4, 0.5) is 8.78 Å². The van der Waals surface area contributed by atoms with Crippen LogP contribution in [0.3, 0.4) is 0 Å². The van der Waals surface area contributed by atoms with Gasteiger partial charge in [0.1, 0.15) is 27.2 Å². The van der Waals surface area contributed by atoms with Crippen LogP contribution in [0.2, 0.25) is 0 Å². The standard InChI is InChI=1S/C28H25F2N5O4S3/c1-14-12-32-26(41-14)18-11-17(5-6-20(18)29)25-19(8-16-4-7-24(21(30)9-16)42(31,38)39)23(10-15-2-3-15)35(34-25)28-33-22(13-40-28)27(36)37/h4-7,9,11-13,15,27,36-37H,2-3,8,10H2,1H3,(H2,31,38,39). The molecule has 1 fully saturated rings. The average Bonchev–Trinajstić information content (AvgIpc) is 3.27. The van der Waals surface area contributed by atoms with Crippen molar-refractivity contribution in [1.82, 2.24) is 19.7 Å². The molecule has 1 aliphatic carbocycles. The van der Waals surface area contributed by atoms with E-state index in [1.54, 1.807) is 23.0 Å². The van der Waals surface area contributed by atoms with Gasteiger partial charge in [0.2, 0.25) is 15.2 Å². The fraction of sp³-hybridized carbons (Fsp3) is 0.250. The van der Waals surface area contributed by atoms with Gasteiger partial charge in [-0.25, -0.2) is 37.0 Å². The van der Waals surface area contributed by atoms with E-state index >= 15 is 0 Å². The molecule has 4 N–H and O–H groups in total. The van der Waals surface area contributed by atoms with Crippen LogP contribution in [0, 0.1) is 24.5 Å². The lowest BCUT2D eigenvalue weighted by atomic mass is 9.96. The van der Waals surface area contributed by atoms with E-state index in [9.17, 15) is 27.4 Å². The molecular formula is C28H25F2N5O4S3. The van der Waals surface area contributed by atoms with Crippen LogP contribution in [0.15, 0.2) is 52.9 Å². The molecule has 42 heavy (non-hydrogen) atoms. The molecular weight excluding hydrogens is 605 g/mol. The van der Waals surface area contributed by atoms with Crippen LogP contribution in [0.1, 0.15) is 46.5 Å². The fourth-order valence-corrected chi connectivity index (χ4v) is 6.94. The molecule has 0 unspecified atom stereocenters. The van der Waals surface area contributed by atoms with Crippen LogP contribution in [-0.4, -0.2) is 38.4 Å². The lowest BCUT2D eigenvalue weighted by Gasteiger charge is -2.10. The Bertz CT molecular complexity index is 1910. The van der Waals surface area contributed by atoms with Crippen molar-refractivity contribution >= 4 is 32.7 Å². The summed E-state index contributed by atoms with van der Waals surface area (Å²) >= 11 is 2.55. The first kappa shape index (κ1) is 28.7. The maximum Gasteiger partial charge on any atom is 0.240 e. The van der Waals surface area contributed by atoms with Crippen molar-refractivity contribution in [3.8, 4) is 27.0 Å². The molecule has 0 radical (unpaired) electrons. The highest BCUT2D eigenvalue weighted by Gasteiger charge is 2.30. The van der Waals surface area contributed by atoms with E-state index in [1.165, 1.54) is 40.2 Å². The maximum absolute atomic E-state index is 15.0. The molecule has 0 amide bonds. The van der Waals surface area contributed by atoms with Crippen LogP contribution in [0.25, 0.3) is 27.0 Å². The molecule has 0 atom stereocenters. The Morgan fingerprint density at radius 1 is 1.14 bits per heavy atom. The van der Waals surface area contributed by atoms with Gasteiger partial charge in [0.25, 0.3) is 0 Å². The van der Waals surface area contributed by atoms with Gasteiger partial charge in [-0.3, -0.25) is 0 Å². The Morgan fingerprint density at radius 3 is 2.55 bits per heavy atom. The fourth-order valence-electron chi connectivity index (χ4n) is 4.76. The molecule has 0 saturated heterocycles. The molecule has 1 saturated carbocycles. The summed E-state index contributed by atoms with van der Waals surface area (Å²) in [6.07, 6.45) is 2.80. The predicted molar refractivity (Wildman–Crippen MR) is 155 cm³/mol. The summed E-state index contributed by atoms with van der Waals surface area (Å²) in [5, 5.41) is 31.8. The molecule has 5 aromatic rings. The number of aryl methyl sites for hydroxylation is 1. The van der Waals surface area contributed by atoms with Gasteiger partial charge >= 0.3 is 0 Å². The Kier molecular flexibility index (Phi) is 7.53. The van der Waals surface area contributed by atoms with Crippen LogP contribution < -0.4 is 5.14 Å². The van der Waals surface area contributed by atoms with Gasteiger partial charge in [0.05, 0.1) is 11.4 Å². The number of rotatable bonds is 9. The van der Waals surface area contributed by atoms with Crippen molar-refractivity contribution in [2.75, 3.05) is 0 Å². The van der Waals surface area contributed by atoms with E-state index in [2.05, 4.69) is 9.97 Å². The Morgan fingerprint density at radius 2 is 1.93 bits per heavy atom. The lowest BCUT2D eigenvalue weighted by molar-refractivity contribution is -0.0454. The number of aliphatic hydroxyl groups is 2. The number of primary sulfonamides is 1. The first-order valence-electron chi connectivity index (χ1n) is 12.9. The zero-order valence-electron chi connectivity index (χ0n) is 22.2. The molecule has 9 nitrogen and oxygen atoms in total. The Labute approximate surface area is 248 Å². The average molecular weight is 630 g/mol. The highest BCUT2D eigenvalue weighted by molar-refractivity contribution is 7.89. The monoisotopic (exact) mass is 629 g/mol. The van der Waals surface area contributed by atoms with E-state index < -0.39 is 32.8 Å². The summed E-state index contributed by atoms with van der Waals surface area (Å²) in [5.41, 5.74) is 3.53. The predicted octanol–water partition coefficient (Wildman–Crippen LogP) is 4.88. The van der Waals surface area contributed by atoms with Gasteiger partial charge in [-0.15, -0.1) is 22.7 Å². The largest absolute Gasteiger partial charge is 0.363 e. The number of hydrogen-bond acceptors (Lipinski definition) is 9. The molecule has 218 valence electrons. The second kappa shape index (κ2) is 11.0. The molecule has 0 aliphatic heterocycles. The van der Waals surface area contributed by atoms with Crippen molar-refractivity contribution in [1.29, 1.82) is 0 Å². The van der Waals surface area contributed by atoms with Gasteiger partial charge < -0.3 is 10.2 Å². The van der Waals surface area contributed by atoms with E-state index in [0.29, 0.717) is 44.9 Å². The molecule has 3 heterocycles. The summed E-state index contributed by atoms with van der Waals surface area (Å²) < 4.78 is 55.1. The van der Waals surface area contributed by atoms with E-state index in [0.717, 1.165) is 41.1 Å². The maximum atomic E-state index is 15.0. The van der Waals surface area contributed by atoms with Crippen LogP contribution in [-0.2, 0) is 22.9 Å². The molecule has 6 rings (SSSR count). The van der Waals surface area contributed by atoms with Crippen molar-refractivity contribution in [2.45, 2.75) is 43.8 Å². The molecule has 3 aromatic heterocycles. The van der Waals surface area contributed by atoms with E-state index in [1.807, 2.05) is 6.92 Å². The van der Waals surface area contributed by atoms with Crippen molar-refractivity contribution < 1.29 is 27.4 Å². The second-order valence-corrected chi connectivity index (χ2v) is 13.8. The number of benzene rings is 2. The minimum atomic E-state index is -4.24. The quantitative estimate of drug-likeness (QED) is 0.197.